The summed E-state index contributed by atoms with van der Waals surface area (Å²) in [6.45, 7) is 2.05. The number of hydrogen-bond donors (Lipinski definition) is 2. The van der Waals surface area contributed by atoms with Crippen molar-refractivity contribution in [3.8, 4) is 0 Å². The molecule has 7 nitrogen and oxygen atoms in total. The molecule has 0 fully saturated rings. The summed E-state index contributed by atoms with van der Waals surface area (Å²) in [7, 11) is 1.65. The van der Waals surface area contributed by atoms with Gasteiger partial charge in [-0.1, -0.05) is 0 Å². The predicted molar refractivity (Wildman–Crippen MR) is 61.8 cm³/mol. The van der Waals surface area contributed by atoms with Crippen molar-refractivity contribution >= 4 is 29.2 Å². The maximum absolute atomic E-state index is 11.2. The molecule has 16 heavy (non-hydrogen) atoms. The topological polar surface area (TPSA) is 95.1 Å². The average Bonchev–Trinajstić information content (AvgIpc) is 2.58. The van der Waals surface area contributed by atoms with E-state index in [9.17, 15) is 4.79 Å². The number of thiocarbonyl (C=S) groups is 1. The SMILES string of the molecule is CCOC(=O)Cc1nc(N)n(C(=S)NC)n1. The number of anilines is 1. The van der Waals surface area contributed by atoms with Crippen LogP contribution >= 0.6 is 12.2 Å². The van der Waals surface area contributed by atoms with Crippen molar-refractivity contribution in [2.75, 3.05) is 19.4 Å². The molecule has 0 spiro atoms. The number of esters is 1. The quantitative estimate of drug-likeness (QED) is 0.536. The lowest BCUT2D eigenvalue weighted by Crippen LogP contribution is -2.26. The lowest BCUT2D eigenvalue weighted by Gasteiger charge is -2.01. The molecule has 0 saturated carbocycles. The number of ether oxygens (including phenoxy) is 1. The van der Waals surface area contributed by atoms with E-state index in [2.05, 4.69) is 15.4 Å². The van der Waals surface area contributed by atoms with Gasteiger partial charge >= 0.3 is 5.97 Å². The van der Waals surface area contributed by atoms with Crippen LogP contribution in [0.3, 0.4) is 0 Å². The fourth-order valence-electron chi connectivity index (χ4n) is 1.04. The molecule has 0 amide bonds. The lowest BCUT2D eigenvalue weighted by atomic mass is 10.4. The molecule has 1 rings (SSSR count). The zero-order valence-corrected chi connectivity index (χ0v) is 9.87. The van der Waals surface area contributed by atoms with Crippen LogP contribution in [0.4, 0.5) is 5.95 Å². The number of nitrogens with two attached hydrogens (primary N) is 1. The number of nitrogens with zero attached hydrogens (tertiary/aromatic N) is 3. The van der Waals surface area contributed by atoms with E-state index in [4.69, 9.17) is 22.7 Å². The highest BCUT2D eigenvalue weighted by atomic mass is 32.1. The first-order valence-corrected chi connectivity index (χ1v) is 5.08. The Balaban J connectivity index is 2.77. The van der Waals surface area contributed by atoms with Crippen molar-refractivity contribution in [1.29, 1.82) is 0 Å². The van der Waals surface area contributed by atoms with Gasteiger partial charge in [-0.05, 0) is 19.1 Å². The second kappa shape index (κ2) is 5.40. The third-order valence-corrected chi connectivity index (χ3v) is 2.07. The number of carbonyl (C=O) groups excluding carboxylic acids is 1. The van der Waals surface area contributed by atoms with Crippen molar-refractivity contribution < 1.29 is 9.53 Å². The van der Waals surface area contributed by atoms with Gasteiger partial charge in [-0.25, -0.2) is 0 Å². The van der Waals surface area contributed by atoms with Crippen molar-refractivity contribution in [2.45, 2.75) is 13.3 Å². The summed E-state index contributed by atoms with van der Waals surface area (Å²) >= 11 is 4.94. The van der Waals surface area contributed by atoms with Gasteiger partial charge < -0.3 is 15.8 Å². The van der Waals surface area contributed by atoms with Gasteiger partial charge in [0.15, 0.2) is 10.9 Å². The number of hydrogen-bond acceptors (Lipinski definition) is 6. The summed E-state index contributed by atoms with van der Waals surface area (Å²) in [5.41, 5.74) is 5.58. The van der Waals surface area contributed by atoms with E-state index in [1.165, 1.54) is 4.68 Å². The van der Waals surface area contributed by atoms with Gasteiger partial charge in [0.2, 0.25) is 5.95 Å². The summed E-state index contributed by atoms with van der Waals surface area (Å²) in [4.78, 5) is 15.1. The minimum absolute atomic E-state index is 0.0165. The third kappa shape index (κ3) is 2.89. The zero-order valence-electron chi connectivity index (χ0n) is 9.06. The Bertz CT molecular complexity index is 403. The summed E-state index contributed by atoms with van der Waals surface area (Å²) < 4.78 is 6.02. The van der Waals surface area contributed by atoms with Crippen LogP contribution in [-0.4, -0.2) is 39.5 Å². The van der Waals surface area contributed by atoms with Gasteiger partial charge in [-0.2, -0.15) is 9.67 Å². The zero-order chi connectivity index (χ0) is 12.1. The molecule has 0 radical (unpaired) electrons. The molecule has 3 N–H and O–H groups in total. The molecular formula is C8H13N5O2S. The van der Waals surface area contributed by atoms with E-state index in [1.807, 2.05) is 0 Å². The number of carbonyl (C=O) groups is 1. The molecule has 0 unspecified atom stereocenters. The monoisotopic (exact) mass is 243 g/mol. The van der Waals surface area contributed by atoms with Gasteiger partial charge in [-0.15, -0.1) is 5.10 Å². The maximum Gasteiger partial charge on any atom is 0.313 e. The summed E-state index contributed by atoms with van der Waals surface area (Å²) in [5, 5.41) is 7.01. The van der Waals surface area contributed by atoms with Crippen LogP contribution in [0.1, 0.15) is 12.7 Å². The second-order valence-corrected chi connectivity index (χ2v) is 3.22. The molecule has 1 aromatic heterocycles. The molecule has 1 aromatic rings. The Morgan fingerprint density at radius 1 is 1.69 bits per heavy atom. The molecule has 0 aliphatic heterocycles. The van der Waals surface area contributed by atoms with Gasteiger partial charge in [0, 0.05) is 7.05 Å². The van der Waals surface area contributed by atoms with E-state index in [0.717, 1.165) is 0 Å². The smallest absolute Gasteiger partial charge is 0.313 e. The first-order valence-electron chi connectivity index (χ1n) is 4.67. The first-order chi connectivity index (χ1) is 7.58. The summed E-state index contributed by atoms with van der Waals surface area (Å²) in [5.74, 6) is 0.0298. The Hall–Kier alpha value is -1.70. The standard InChI is InChI=1S/C8H13N5O2S/c1-3-15-6(14)4-5-11-7(9)13(12-5)8(16)10-2/h3-4H2,1-2H3,(H,10,16)(H2,9,11,12). The van der Waals surface area contributed by atoms with Crippen LogP contribution in [0.15, 0.2) is 0 Å². The molecule has 0 aromatic carbocycles. The molecule has 0 atom stereocenters. The number of rotatable bonds is 3. The second-order valence-electron chi connectivity index (χ2n) is 2.83. The van der Waals surface area contributed by atoms with Crippen LogP contribution in [-0.2, 0) is 16.0 Å². The van der Waals surface area contributed by atoms with E-state index in [-0.39, 0.29) is 18.2 Å². The van der Waals surface area contributed by atoms with Crippen molar-refractivity contribution in [3.63, 3.8) is 0 Å². The van der Waals surface area contributed by atoms with Gasteiger partial charge in [0.05, 0.1) is 6.61 Å². The van der Waals surface area contributed by atoms with Crippen molar-refractivity contribution in [1.82, 2.24) is 20.1 Å². The van der Waals surface area contributed by atoms with E-state index in [0.29, 0.717) is 11.7 Å². The van der Waals surface area contributed by atoms with Crippen molar-refractivity contribution in [3.05, 3.63) is 5.82 Å². The van der Waals surface area contributed by atoms with Crippen molar-refractivity contribution in [2.24, 2.45) is 0 Å². The van der Waals surface area contributed by atoms with Crippen LogP contribution in [0, 0.1) is 0 Å². The highest BCUT2D eigenvalue weighted by Crippen LogP contribution is 2.01. The number of nitrogen functional groups attached to an aromatic ring is 1. The third-order valence-electron chi connectivity index (χ3n) is 1.69. The van der Waals surface area contributed by atoms with E-state index < -0.39 is 5.97 Å². The predicted octanol–water partition coefficient (Wildman–Crippen LogP) is -0.682. The fraction of sp³-hybridized carbons (Fsp3) is 0.500. The molecule has 0 aliphatic carbocycles. The number of nitrogens with one attached hydrogen (secondary N) is 1. The largest absolute Gasteiger partial charge is 0.466 e. The molecule has 0 aliphatic rings. The fourth-order valence-corrected chi connectivity index (χ4v) is 1.17. The average molecular weight is 243 g/mol. The van der Waals surface area contributed by atoms with Crippen LogP contribution < -0.4 is 11.1 Å². The molecule has 0 bridgehead atoms. The normalized spacial score (nSPS) is 9.88. The Morgan fingerprint density at radius 3 is 2.94 bits per heavy atom. The van der Waals surface area contributed by atoms with Gasteiger partial charge in [0.1, 0.15) is 6.42 Å². The first kappa shape index (κ1) is 12.4. The highest BCUT2D eigenvalue weighted by Gasteiger charge is 2.13. The summed E-state index contributed by atoms with van der Waals surface area (Å²) in [6, 6.07) is 0. The number of aromatic nitrogens is 3. The Morgan fingerprint density at radius 2 is 2.38 bits per heavy atom. The molecule has 8 heteroatoms. The Kier molecular flexibility index (Phi) is 4.18. The molecule has 88 valence electrons. The van der Waals surface area contributed by atoms with Gasteiger partial charge in [-0.3, -0.25) is 4.79 Å². The maximum atomic E-state index is 11.2. The van der Waals surface area contributed by atoms with Crippen LogP contribution in [0.25, 0.3) is 0 Å². The molecule has 0 saturated heterocycles. The Labute approximate surface area is 98.0 Å². The van der Waals surface area contributed by atoms with Crippen LogP contribution in [0.2, 0.25) is 0 Å². The van der Waals surface area contributed by atoms with E-state index >= 15 is 0 Å². The lowest BCUT2D eigenvalue weighted by molar-refractivity contribution is -0.142. The highest BCUT2D eigenvalue weighted by molar-refractivity contribution is 7.80. The van der Waals surface area contributed by atoms with Gasteiger partial charge in [0.25, 0.3) is 0 Å². The molecular weight excluding hydrogens is 230 g/mol. The molecule has 1 heterocycles. The minimum Gasteiger partial charge on any atom is -0.466 e. The minimum atomic E-state index is -0.393. The van der Waals surface area contributed by atoms with Crippen LogP contribution in [0.5, 0.6) is 0 Å². The summed E-state index contributed by atoms with van der Waals surface area (Å²) in [6.07, 6.45) is -0.0165. The van der Waals surface area contributed by atoms with E-state index in [1.54, 1.807) is 14.0 Å².